The normalized spacial score (nSPS) is 11.2. The van der Waals surface area contributed by atoms with Crippen LogP contribution in [-0.2, 0) is 26.2 Å². The molecule has 0 saturated carbocycles. The Balaban J connectivity index is 1.57. The van der Waals surface area contributed by atoms with Gasteiger partial charge in [-0.1, -0.05) is 6.07 Å². The third-order valence-corrected chi connectivity index (χ3v) is 5.76. The first-order valence-electron chi connectivity index (χ1n) is 9.38. The van der Waals surface area contributed by atoms with Crippen molar-refractivity contribution in [2.24, 2.45) is 0 Å². The van der Waals surface area contributed by atoms with E-state index >= 15 is 0 Å². The van der Waals surface area contributed by atoms with Gasteiger partial charge < -0.3 is 15.8 Å². The number of hydrogen-bond donors (Lipinski definition) is 3. The maximum absolute atomic E-state index is 13.0. The monoisotopic (exact) mass is 460 g/mol. The molecule has 0 atom stereocenters. The van der Waals surface area contributed by atoms with E-state index in [4.69, 9.17) is 10.5 Å². The number of nitrogens with two attached hydrogens (primary N) is 1. The Labute approximate surface area is 184 Å². The van der Waals surface area contributed by atoms with Crippen molar-refractivity contribution in [3.63, 3.8) is 0 Å². The molecule has 2 aromatic carbocycles. The zero-order valence-corrected chi connectivity index (χ0v) is 18.1. The largest absolute Gasteiger partial charge is 0.456 e. The highest BCUT2D eigenvalue weighted by Gasteiger charge is 2.17. The van der Waals surface area contributed by atoms with Gasteiger partial charge in [-0.25, -0.2) is 12.8 Å². The molecule has 0 fully saturated rings. The van der Waals surface area contributed by atoms with Gasteiger partial charge in [0.25, 0.3) is 0 Å². The van der Waals surface area contributed by atoms with Gasteiger partial charge in [-0.05, 0) is 61.4 Å². The van der Waals surface area contributed by atoms with Crippen LogP contribution in [0.4, 0.5) is 22.0 Å². The lowest BCUT2D eigenvalue weighted by molar-refractivity contribution is -0.143. The minimum absolute atomic E-state index is 0.0486. The molecule has 0 bridgehead atoms. The summed E-state index contributed by atoms with van der Waals surface area (Å²) < 4.78 is 45.0. The van der Waals surface area contributed by atoms with Gasteiger partial charge in [0, 0.05) is 5.69 Å². The number of esters is 1. The Morgan fingerprint density at radius 1 is 1.06 bits per heavy atom. The van der Waals surface area contributed by atoms with E-state index in [0.717, 1.165) is 11.1 Å². The fourth-order valence-electron chi connectivity index (χ4n) is 2.54. The minimum atomic E-state index is -3.88. The zero-order chi connectivity index (χ0) is 23.3. The summed E-state index contributed by atoms with van der Waals surface area (Å²) in [4.78, 5) is 23.9. The molecule has 3 aromatic rings. The average Bonchev–Trinajstić information content (AvgIpc) is 2.74. The molecule has 1 heterocycles. The average molecular weight is 460 g/mol. The third kappa shape index (κ3) is 6.18. The van der Waals surface area contributed by atoms with E-state index in [9.17, 15) is 17.6 Å². The second-order valence-electron chi connectivity index (χ2n) is 6.80. The number of aryl methyl sites for hydroxylation is 2. The van der Waals surface area contributed by atoms with Crippen molar-refractivity contribution >= 4 is 33.6 Å². The zero-order valence-electron chi connectivity index (χ0n) is 17.3. The van der Waals surface area contributed by atoms with Gasteiger partial charge in [0.15, 0.2) is 12.4 Å². The smallest absolute Gasteiger partial charge is 0.321 e. The first-order valence-corrected chi connectivity index (χ1v) is 10.9. The number of nitrogens with one attached hydrogen (secondary N) is 2. The summed E-state index contributed by atoms with van der Waals surface area (Å²) in [6.07, 6.45) is 0. The summed E-state index contributed by atoms with van der Waals surface area (Å²) in [5.74, 6) is -1.22. The third-order valence-electron chi connectivity index (χ3n) is 4.36. The molecule has 0 unspecified atom stereocenters. The molecule has 168 valence electrons. The van der Waals surface area contributed by atoms with E-state index in [-0.39, 0.29) is 29.2 Å². The maximum Gasteiger partial charge on any atom is 0.321 e. The van der Waals surface area contributed by atoms with Crippen LogP contribution in [0.5, 0.6) is 0 Å². The summed E-state index contributed by atoms with van der Waals surface area (Å²) in [5.41, 5.74) is 7.93. The fraction of sp³-hybridized carbons (Fsp3) is 0.200. The molecule has 0 radical (unpaired) electrons. The molecule has 0 aliphatic rings. The van der Waals surface area contributed by atoms with Crippen molar-refractivity contribution in [2.75, 3.05) is 17.6 Å². The molecule has 4 N–H and O–H groups in total. The molecule has 0 spiro atoms. The van der Waals surface area contributed by atoms with Crippen molar-refractivity contribution in [3.8, 4) is 0 Å². The summed E-state index contributed by atoms with van der Waals surface area (Å²) in [5, 5.41) is 2.83. The molecule has 3 rings (SSSR count). The number of carbonyl (C=O) groups excluding carboxylic acids is 1. The van der Waals surface area contributed by atoms with Crippen LogP contribution in [0.2, 0.25) is 0 Å². The highest BCUT2D eigenvalue weighted by Crippen LogP contribution is 2.15. The Hall–Kier alpha value is -3.64. The second kappa shape index (κ2) is 9.66. The highest BCUT2D eigenvalue weighted by atomic mass is 32.2. The molecule has 12 heteroatoms. The number of ether oxygens (including phenoxy) is 1. The van der Waals surface area contributed by atoms with Gasteiger partial charge in [0.1, 0.15) is 12.4 Å². The van der Waals surface area contributed by atoms with Gasteiger partial charge in [0.05, 0.1) is 4.90 Å². The van der Waals surface area contributed by atoms with E-state index in [1.807, 2.05) is 6.92 Å². The van der Waals surface area contributed by atoms with Crippen LogP contribution in [0.15, 0.2) is 47.4 Å². The van der Waals surface area contributed by atoms with Crippen LogP contribution in [0, 0.1) is 19.7 Å². The van der Waals surface area contributed by atoms with Gasteiger partial charge >= 0.3 is 5.97 Å². The summed E-state index contributed by atoms with van der Waals surface area (Å²) in [6.45, 7) is 2.73. The van der Waals surface area contributed by atoms with Crippen molar-refractivity contribution < 1.29 is 22.3 Å². The van der Waals surface area contributed by atoms with Gasteiger partial charge in [-0.15, -0.1) is 0 Å². The van der Waals surface area contributed by atoms with Crippen LogP contribution < -0.4 is 15.8 Å². The molecule has 0 aliphatic heterocycles. The SMILES string of the molecule is Cc1ccc(S(=O)(=O)NCC(=O)OCc2nc(N)nc(Nc3ccc(F)cc3)n2)cc1C. The van der Waals surface area contributed by atoms with Gasteiger partial charge in [-0.3, -0.25) is 4.79 Å². The number of sulfonamides is 1. The van der Waals surface area contributed by atoms with Crippen molar-refractivity contribution in [1.29, 1.82) is 0 Å². The van der Waals surface area contributed by atoms with Crippen LogP contribution in [-0.4, -0.2) is 35.9 Å². The van der Waals surface area contributed by atoms with E-state index < -0.39 is 28.4 Å². The Kier molecular flexibility index (Phi) is 6.95. The predicted molar refractivity (Wildman–Crippen MR) is 115 cm³/mol. The number of benzene rings is 2. The fourth-order valence-corrected chi connectivity index (χ4v) is 3.59. The van der Waals surface area contributed by atoms with Gasteiger partial charge in [-0.2, -0.15) is 19.7 Å². The molecule has 1 aromatic heterocycles. The van der Waals surface area contributed by atoms with Crippen molar-refractivity contribution in [3.05, 3.63) is 65.2 Å². The predicted octanol–water partition coefficient (Wildman–Crippen LogP) is 1.98. The van der Waals surface area contributed by atoms with Crippen LogP contribution in [0.3, 0.4) is 0 Å². The molecule has 0 amide bonds. The highest BCUT2D eigenvalue weighted by molar-refractivity contribution is 7.89. The number of carbonyl (C=O) groups is 1. The summed E-state index contributed by atoms with van der Waals surface area (Å²) in [7, 11) is -3.88. The van der Waals surface area contributed by atoms with Crippen LogP contribution in [0.1, 0.15) is 17.0 Å². The number of aromatic nitrogens is 3. The lowest BCUT2D eigenvalue weighted by Crippen LogP contribution is -2.30. The molecule has 0 aliphatic carbocycles. The molecule has 32 heavy (non-hydrogen) atoms. The van der Waals surface area contributed by atoms with Crippen LogP contribution in [0.25, 0.3) is 0 Å². The van der Waals surface area contributed by atoms with E-state index in [2.05, 4.69) is 25.0 Å². The number of halogens is 1. The van der Waals surface area contributed by atoms with E-state index in [1.54, 1.807) is 13.0 Å². The van der Waals surface area contributed by atoms with Crippen molar-refractivity contribution in [1.82, 2.24) is 19.7 Å². The van der Waals surface area contributed by atoms with E-state index in [1.165, 1.54) is 36.4 Å². The quantitative estimate of drug-likeness (QED) is 0.429. The molecule has 0 saturated heterocycles. The standard InChI is InChI=1S/C20H21FN6O4S/c1-12-3-8-16(9-13(12)2)32(29,30)23-10-18(28)31-11-17-25-19(22)27-20(26-17)24-15-6-4-14(21)5-7-15/h3-9,23H,10-11H2,1-2H3,(H3,22,24,25,26,27). The topological polar surface area (TPSA) is 149 Å². The number of nitrogens with zero attached hydrogens (tertiary/aromatic N) is 3. The number of anilines is 3. The lowest BCUT2D eigenvalue weighted by atomic mass is 10.1. The number of nitrogen functional groups attached to an aromatic ring is 1. The summed E-state index contributed by atoms with van der Waals surface area (Å²) >= 11 is 0. The second-order valence-corrected chi connectivity index (χ2v) is 8.56. The van der Waals surface area contributed by atoms with Crippen LogP contribution >= 0.6 is 0 Å². The van der Waals surface area contributed by atoms with Gasteiger partial charge in [0.2, 0.25) is 21.9 Å². The number of hydrogen-bond acceptors (Lipinski definition) is 9. The maximum atomic E-state index is 13.0. The first kappa shape index (κ1) is 23.0. The minimum Gasteiger partial charge on any atom is -0.456 e. The Bertz CT molecular complexity index is 1240. The Morgan fingerprint density at radius 3 is 2.47 bits per heavy atom. The number of rotatable bonds is 8. The molecular formula is C20H21FN6O4S. The van der Waals surface area contributed by atoms with Crippen molar-refractivity contribution in [2.45, 2.75) is 25.3 Å². The van der Waals surface area contributed by atoms with E-state index in [0.29, 0.717) is 5.69 Å². The first-order chi connectivity index (χ1) is 15.1. The Morgan fingerprint density at radius 2 is 1.78 bits per heavy atom. The molecule has 10 nitrogen and oxygen atoms in total. The summed E-state index contributed by atoms with van der Waals surface area (Å²) in [6, 6.07) is 10.1. The molecular weight excluding hydrogens is 439 g/mol. The lowest BCUT2D eigenvalue weighted by Gasteiger charge is -2.10.